The third-order valence-electron chi connectivity index (χ3n) is 4.75. The Hall–Kier alpha value is -2.86. The highest BCUT2D eigenvalue weighted by atomic mass is 32.1. The van der Waals surface area contributed by atoms with Gasteiger partial charge in [0.05, 0.1) is 12.1 Å². The first-order chi connectivity index (χ1) is 14.5. The molecule has 3 aromatic rings. The molecule has 10 nitrogen and oxygen atoms in total. The summed E-state index contributed by atoms with van der Waals surface area (Å²) in [6, 6.07) is 0. The first-order valence-electron chi connectivity index (χ1n) is 9.53. The van der Waals surface area contributed by atoms with E-state index in [4.69, 9.17) is 0 Å². The van der Waals surface area contributed by atoms with Gasteiger partial charge in [-0.1, -0.05) is 22.7 Å². The lowest BCUT2D eigenvalue weighted by atomic mass is 10.0. The lowest BCUT2D eigenvalue weighted by molar-refractivity contribution is -0.116. The number of nitrogens with zero attached hydrogens (tertiary/aromatic N) is 6. The molecule has 3 heterocycles. The molecule has 12 heteroatoms. The zero-order chi connectivity index (χ0) is 20.9. The standard InChI is InChI=1S/C18H20N8O2S2/c1-10(27)21-17-26-24-16(30-17)12-3-2-11(6-12)7-15-23-25-18(29-15)22-14(28)8-13-9-19-4-5-20-13/h4-5,9,11-12H,2-3,6-8H2,1H3,(H,21,26,27)(H,22,25,28)/t11-,12+/m1/s1. The summed E-state index contributed by atoms with van der Waals surface area (Å²) in [6.45, 7) is 1.46. The normalized spacial score (nSPS) is 18.3. The van der Waals surface area contributed by atoms with Crippen LogP contribution in [-0.4, -0.2) is 42.2 Å². The fraction of sp³-hybridized carbons (Fsp3) is 0.444. The van der Waals surface area contributed by atoms with Crippen molar-refractivity contribution in [1.29, 1.82) is 0 Å². The minimum atomic E-state index is -0.189. The van der Waals surface area contributed by atoms with Crippen LogP contribution in [0.5, 0.6) is 0 Å². The molecule has 2 N–H and O–H groups in total. The lowest BCUT2D eigenvalue weighted by Gasteiger charge is -2.06. The third kappa shape index (κ3) is 5.39. The molecule has 30 heavy (non-hydrogen) atoms. The Kier molecular flexibility index (Phi) is 6.33. The summed E-state index contributed by atoms with van der Waals surface area (Å²) in [7, 11) is 0. The minimum Gasteiger partial charge on any atom is -0.301 e. The van der Waals surface area contributed by atoms with E-state index in [1.54, 1.807) is 18.6 Å². The van der Waals surface area contributed by atoms with E-state index in [2.05, 4.69) is 41.0 Å². The first-order valence-corrected chi connectivity index (χ1v) is 11.2. The van der Waals surface area contributed by atoms with Gasteiger partial charge < -0.3 is 10.6 Å². The molecule has 0 saturated heterocycles. The highest BCUT2D eigenvalue weighted by Gasteiger charge is 2.29. The number of carbonyl (C=O) groups is 2. The van der Waals surface area contributed by atoms with Gasteiger partial charge in [-0.15, -0.1) is 20.4 Å². The van der Waals surface area contributed by atoms with E-state index in [0.29, 0.717) is 27.8 Å². The van der Waals surface area contributed by atoms with E-state index in [1.165, 1.54) is 29.6 Å². The smallest absolute Gasteiger partial charge is 0.232 e. The van der Waals surface area contributed by atoms with E-state index in [-0.39, 0.29) is 18.2 Å². The highest BCUT2D eigenvalue weighted by Crippen LogP contribution is 2.41. The Bertz CT molecular complexity index is 1020. The Balaban J connectivity index is 1.27. The summed E-state index contributed by atoms with van der Waals surface area (Å²) in [4.78, 5) is 31.3. The molecule has 0 aromatic carbocycles. The maximum atomic E-state index is 12.1. The van der Waals surface area contributed by atoms with E-state index in [0.717, 1.165) is 35.7 Å². The molecule has 0 radical (unpaired) electrons. The molecule has 1 aliphatic carbocycles. The number of rotatable bonds is 7. The van der Waals surface area contributed by atoms with E-state index < -0.39 is 0 Å². The minimum absolute atomic E-state index is 0.141. The van der Waals surface area contributed by atoms with Gasteiger partial charge in [-0.25, -0.2) is 0 Å². The van der Waals surface area contributed by atoms with Gasteiger partial charge in [-0.05, 0) is 25.2 Å². The molecule has 0 unspecified atom stereocenters. The Morgan fingerprint density at radius 3 is 2.70 bits per heavy atom. The predicted octanol–water partition coefficient (Wildman–Crippen LogP) is 2.45. The van der Waals surface area contributed by atoms with E-state index in [1.807, 2.05) is 0 Å². The van der Waals surface area contributed by atoms with Gasteiger partial charge in [-0.2, -0.15) is 0 Å². The molecular weight excluding hydrogens is 424 g/mol. The summed E-state index contributed by atoms with van der Waals surface area (Å²) in [5.74, 6) is 0.511. The molecule has 4 rings (SSSR count). The monoisotopic (exact) mass is 444 g/mol. The molecule has 156 valence electrons. The Morgan fingerprint density at radius 1 is 1.07 bits per heavy atom. The molecule has 1 aliphatic rings. The zero-order valence-electron chi connectivity index (χ0n) is 16.2. The van der Waals surface area contributed by atoms with Crippen LogP contribution in [0.2, 0.25) is 0 Å². The molecule has 1 saturated carbocycles. The molecule has 0 spiro atoms. The SMILES string of the molecule is CC(=O)Nc1nnc([C@H]2CC[C@@H](Cc3nnc(NC(=O)Cc4cnccn4)s3)C2)s1. The second kappa shape index (κ2) is 9.30. The average molecular weight is 445 g/mol. The second-order valence-electron chi connectivity index (χ2n) is 7.13. The molecule has 1 fully saturated rings. The molecule has 2 atom stereocenters. The second-order valence-corrected chi connectivity index (χ2v) is 9.20. The predicted molar refractivity (Wildman–Crippen MR) is 112 cm³/mol. The maximum absolute atomic E-state index is 12.1. The van der Waals surface area contributed by atoms with Crippen LogP contribution >= 0.6 is 22.7 Å². The number of amides is 2. The molecule has 2 amide bonds. The Labute approximate surface area is 180 Å². The molecule has 0 aliphatic heterocycles. The van der Waals surface area contributed by atoms with Crippen molar-refractivity contribution in [2.24, 2.45) is 5.92 Å². The summed E-state index contributed by atoms with van der Waals surface area (Å²) in [6.07, 6.45) is 8.79. The van der Waals surface area contributed by atoms with Gasteiger partial charge in [0, 0.05) is 37.9 Å². The zero-order valence-corrected chi connectivity index (χ0v) is 17.9. The summed E-state index contributed by atoms with van der Waals surface area (Å²) < 4.78 is 0. The van der Waals surface area contributed by atoms with Crippen LogP contribution in [0.25, 0.3) is 0 Å². The van der Waals surface area contributed by atoms with Crippen LogP contribution in [0.15, 0.2) is 18.6 Å². The maximum Gasteiger partial charge on any atom is 0.232 e. The van der Waals surface area contributed by atoms with E-state index in [9.17, 15) is 9.59 Å². The van der Waals surface area contributed by atoms with E-state index >= 15 is 0 Å². The summed E-state index contributed by atoms with van der Waals surface area (Å²) in [5.41, 5.74) is 0.607. The number of hydrogen-bond acceptors (Lipinski definition) is 10. The van der Waals surface area contributed by atoms with Crippen molar-refractivity contribution >= 4 is 44.8 Å². The number of aromatic nitrogens is 6. The third-order valence-corrected chi connectivity index (χ3v) is 6.61. The number of nitrogens with one attached hydrogen (secondary N) is 2. The Morgan fingerprint density at radius 2 is 1.90 bits per heavy atom. The molecule has 3 aromatic heterocycles. The van der Waals surface area contributed by atoms with Crippen molar-refractivity contribution in [1.82, 2.24) is 30.4 Å². The van der Waals surface area contributed by atoms with Gasteiger partial charge in [0.15, 0.2) is 0 Å². The van der Waals surface area contributed by atoms with Gasteiger partial charge in [0.25, 0.3) is 0 Å². The fourth-order valence-corrected chi connectivity index (χ4v) is 5.28. The number of carbonyl (C=O) groups excluding carboxylic acids is 2. The average Bonchev–Trinajstić information content (AvgIpc) is 3.44. The molecular formula is C18H20N8O2S2. The fourth-order valence-electron chi connectivity index (χ4n) is 3.47. The van der Waals surface area contributed by atoms with Gasteiger partial charge in [0.1, 0.15) is 10.0 Å². The molecule has 0 bridgehead atoms. The quantitative estimate of drug-likeness (QED) is 0.567. The topological polar surface area (TPSA) is 136 Å². The van der Waals surface area contributed by atoms with Crippen molar-refractivity contribution in [2.75, 3.05) is 10.6 Å². The van der Waals surface area contributed by atoms with Crippen LogP contribution < -0.4 is 10.6 Å². The number of hydrogen-bond donors (Lipinski definition) is 2. The van der Waals surface area contributed by atoms with Gasteiger partial charge >= 0.3 is 0 Å². The highest BCUT2D eigenvalue weighted by molar-refractivity contribution is 7.15. The van der Waals surface area contributed by atoms with Crippen LogP contribution in [0.3, 0.4) is 0 Å². The lowest BCUT2D eigenvalue weighted by Crippen LogP contribution is -2.15. The van der Waals surface area contributed by atoms with Crippen LogP contribution in [0.1, 0.15) is 47.8 Å². The van der Waals surface area contributed by atoms with Crippen molar-refractivity contribution in [3.05, 3.63) is 34.3 Å². The first kappa shape index (κ1) is 20.4. The van der Waals surface area contributed by atoms with Gasteiger partial charge in [-0.3, -0.25) is 19.6 Å². The van der Waals surface area contributed by atoms with Crippen molar-refractivity contribution in [2.45, 2.75) is 44.9 Å². The van der Waals surface area contributed by atoms with Crippen LogP contribution in [0, 0.1) is 5.92 Å². The van der Waals surface area contributed by atoms with Crippen LogP contribution in [-0.2, 0) is 22.4 Å². The summed E-state index contributed by atoms with van der Waals surface area (Å²) >= 11 is 2.85. The van der Waals surface area contributed by atoms with Crippen molar-refractivity contribution in [3.63, 3.8) is 0 Å². The number of anilines is 2. The van der Waals surface area contributed by atoms with Gasteiger partial charge in [0.2, 0.25) is 22.1 Å². The van der Waals surface area contributed by atoms with Crippen molar-refractivity contribution in [3.8, 4) is 0 Å². The largest absolute Gasteiger partial charge is 0.301 e. The van der Waals surface area contributed by atoms with Crippen LogP contribution in [0.4, 0.5) is 10.3 Å². The van der Waals surface area contributed by atoms with Crippen molar-refractivity contribution < 1.29 is 9.59 Å². The summed E-state index contributed by atoms with van der Waals surface area (Å²) in [5, 5.41) is 25.0.